The Labute approximate surface area is 117 Å². The van der Waals surface area contributed by atoms with Crippen molar-refractivity contribution < 1.29 is 9.47 Å². The highest BCUT2D eigenvalue weighted by molar-refractivity contribution is 6.17. The van der Waals surface area contributed by atoms with Gasteiger partial charge in [-0.3, -0.25) is 0 Å². The summed E-state index contributed by atoms with van der Waals surface area (Å²) in [6, 6.07) is 5.71. The van der Waals surface area contributed by atoms with Crippen molar-refractivity contribution in [2.75, 3.05) is 13.7 Å². The molecule has 0 radical (unpaired) electrons. The van der Waals surface area contributed by atoms with Gasteiger partial charge in [-0.1, -0.05) is 0 Å². The molecule has 0 amide bonds. The van der Waals surface area contributed by atoms with Crippen LogP contribution in [-0.4, -0.2) is 23.7 Å². The molecule has 0 aliphatic rings. The van der Waals surface area contributed by atoms with Gasteiger partial charge in [-0.15, -0.1) is 11.6 Å². The maximum absolute atomic E-state index is 5.85. The van der Waals surface area contributed by atoms with Gasteiger partial charge in [0.1, 0.15) is 0 Å². The van der Waals surface area contributed by atoms with Crippen molar-refractivity contribution in [2.45, 2.75) is 12.8 Å². The summed E-state index contributed by atoms with van der Waals surface area (Å²) < 4.78 is 10.7. The summed E-state index contributed by atoms with van der Waals surface area (Å²) >= 11 is 5.85. The fourth-order valence-corrected chi connectivity index (χ4v) is 1.89. The topological polar surface area (TPSA) is 44.2 Å². The van der Waals surface area contributed by atoms with Crippen LogP contribution in [0.2, 0.25) is 0 Å². The number of hydrogen-bond acceptors (Lipinski definition) is 4. The standard InChI is InChI=1S/C14H15ClN2O2/c1-3-19-13-7-11(4-5-16-13)12-6-10(8-15)9-17-14(12)18-2/h4-7,9H,3,8H2,1-2H3. The fourth-order valence-electron chi connectivity index (χ4n) is 1.74. The molecule has 19 heavy (non-hydrogen) atoms. The molecule has 0 bridgehead atoms. The van der Waals surface area contributed by atoms with Crippen molar-refractivity contribution in [3.05, 3.63) is 36.2 Å². The normalized spacial score (nSPS) is 10.3. The third-order valence-electron chi connectivity index (χ3n) is 2.59. The minimum absolute atomic E-state index is 0.410. The molecule has 100 valence electrons. The molecule has 2 heterocycles. The van der Waals surface area contributed by atoms with E-state index in [1.54, 1.807) is 19.5 Å². The lowest BCUT2D eigenvalue weighted by molar-refractivity contribution is 0.327. The lowest BCUT2D eigenvalue weighted by atomic mass is 10.1. The van der Waals surface area contributed by atoms with Crippen LogP contribution in [-0.2, 0) is 5.88 Å². The summed E-state index contributed by atoms with van der Waals surface area (Å²) in [5, 5.41) is 0. The van der Waals surface area contributed by atoms with E-state index < -0.39 is 0 Å². The molecule has 0 aliphatic carbocycles. The van der Waals surface area contributed by atoms with Gasteiger partial charge in [0.25, 0.3) is 0 Å². The zero-order valence-corrected chi connectivity index (χ0v) is 11.6. The van der Waals surface area contributed by atoms with Gasteiger partial charge in [0.2, 0.25) is 11.8 Å². The Kier molecular flexibility index (Phi) is 4.58. The highest BCUT2D eigenvalue weighted by Gasteiger charge is 2.10. The number of ether oxygens (including phenoxy) is 2. The number of methoxy groups -OCH3 is 1. The quantitative estimate of drug-likeness (QED) is 0.787. The predicted octanol–water partition coefficient (Wildman–Crippen LogP) is 3.29. The molecular formula is C14H15ClN2O2. The first-order valence-electron chi connectivity index (χ1n) is 5.96. The minimum atomic E-state index is 0.410. The Balaban J connectivity index is 2.47. The van der Waals surface area contributed by atoms with E-state index in [0.717, 1.165) is 16.7 Å². The molecule has 0 N–H and O–H groups in total. The molecule has 2 aromatic heterocycles. The Morgan fingerprint density at radius 1 is 1.26 bits per heavy atom. The zero-order chi connectivity index (χ0) is 13.7. The SMILES string of the molecule is CCOc1cc(-c2cc(CCl)cnc2OC)ccn1. The van der Waals surface area contributed by atoms with Crippen molar-refractivity contribution in [1.29, 1.82) is 0 Å². The maximum Gasteiger partial charge on any atom is 0.221 e. The molecule has 0 aliphatic heterocycles. The highest BCUT2D eigenvalue weighted by atomic mass is 35.5. The number of hydrogen-bond donors (Lipinski definition) is 0. The maximum atomic E-state index is 5.85. The van der Waals surface area contributed by atoms with E-state index in [0.29, 0.717) is 24.2 Å². The number of rotatable bonds is 5. The third kappa shape index (κ3) is 3.15. The molecule has 0 saturated heterocycles. The molecule has 0 unspecified atom stereocenters. The van der Waals surface area contributed by atoms with Crippen LogP contribution < -0.4 is 9.47 Å². The number of pyridine rings is 2. The molecule has 0 fully saturated rings. The van der Waals surface area contributed by atoms with Crippen LogP contribution in [0.15, 0.2) is 30.6 Å². The Morgan fingerprint density at radius 3 is 2.79 bits per heavy atom. The van der Waals surface area contributed by atoms with Gasteiger partial charge in [-0.25, -0.2) is 9.97 Å². The average Bonchev–Trinajstić information content (AvgIpc) is 2.47. The van der Waals surface area contributed by atoms with Crippen molar-refractivity contribution >= 4 is 11.6 Å². The summed E-state index contributed by atoms with van der Waals surface area (Å²) in [4.78, 5) is 8.40. The number of alkyl halides is 1. The van der Waals surface area contributed by atoms with Crippen molar-refractivity contribution in [3.8, 4) is 22.9 Å². The molecule has 5 heteroatoms. The van der Waals surface area contributed by atoms with Crippen molar-refractivity contribution in [2.24, 2.45) is 0 Å². The number of nitrogens with zero attached hydrogens (tertiary/aromatic N) is 2. The Bertz CT molecular complexity index is 561. The van der Waals surface area contributed by atoms with Crippen LogP contribution in [0.25, 0.3) is 11.1 Å². The molecule has 0 saturated carbocycles. The van der Waals surface area contributed by atoms with Crippen LogP contribution in [0.5, 0.6) is 11.8 Å². The smallest absolute Gasteiger partial charge is 0.221 e. The van der Waals surface area contributed by atoms with Gasteiger partial charge in [0, 0.05) is 29.9 Å². The molecular weight excluding hydrogens is 264 g/mol. The van der Waals surface area contributed by atoms with Crippen LogP contribution in [0.4, 0.5) is 0 Å². The molecule has 2 aromatic rings. The molecule has 2 rings (SSSR count). The van der Waals surface area contributed by atoms with E-state index in [-0.39, 0.29) is 0 Å². The predicted molar refractivity (Wildman–Crippen MR) is 74.7 cm³/mol. The van der Waals surface area contributed by atoms with E-state index in [1.165, 1.54) is 0 Å². The highest BCUT2D eigenvalue weighted by Crippen LogP contribution is 2.30. The number of aromatic nitrogens is 2. The van der Waals surface area contributed by atoms with Gasteiger partial charge >= 0.3 is 0 Å². The lowest BCUT2D eigenvalue weighted by Gasteiger charge is -2.10. The van der Waals surface area contributed by atoms with Crippen molar-refractivity contribution in [3.63, 3.8) is 0 Å². The Morgan fingerprint density at radius 2 is 2.11 bits per heavy atom. The second-order valence-electron chi connectivity index (χ2n) is 3.85. The zero-order valence-electron chi connectivity index (χ0n) is 10.9. The lowest BCUT2D eigenvalue weighted by Crippen LogP contribution is -1.96. The van der Waals surface area contributed by atoms with Crippen LogP contribution >= 0.6 is 11.6 Å². The van der Waals surface area contributed by atoms with Crippen LogP contribution in [0, 0.1) is 0 Å². The summed E-state index contributed by atoms with van der Waals surface area (Å²) in [7, 11) is 1.59. The second-order valence-corrected chi connectivity index (χ2v) is 4.12. The van der Waals surface area contributed by atoms with Gasteiger partial charge in [0.05, 0.1) is 13.7 Å². The van der Waals surface area contributed by atoms with Gasteiger partial charge in [-0.2, -0.15) is 0 Å². The summed E-state index contributed by atoms with van der Waals surface area (Å²) in [5.41, 5.74) is 2.76. The van der Waals surface area contributed by atoms with Crippen LogP contribution in [0.1, 0.15) is 12.5 Å². The number of halogens is 1. The van der Waals surface area contributed by atoms with Gasteiger partial charge < -0.3 is 9.47 Å². The van der Waals surface area contributed by atoms with E-state index in [1.807, 2.05) is 25.1 Å². The minimum Gasteiger partial charge on any atom is -0.481 e. The average molecular weight is 279 g/mol. The first-order valence-corrected chi connectivity index (χ1v) is 6.50. The van der Waals surface area contributed by atoms with Crippen LogP contribution in [0.3, 0.4) is 0 Å². The first-order chi connectivity index (χ1) is 9.28. The Hall–Kier alpha value is -1.81. The van der Waals surface area contributed by atoms with E-state index in [4.69, 9.17) is 21.1 Å². The van der Waals surface area contributed by atoms with Gasteiger partial charge in [-0.05, 0) is 30.2 Å². The van der Waals surface area contributed by atoms with Crippen molar-refractivity contribution in [1.82, 2.24) is 9.97 Å². The van der Waals surface area contributed by atoms with E-state index >= 15 is 0 Å². The molecule has 0 atom stereocenters. The van der Waals surface area contributed by atoms with E-state index in [2.05, 4.69) is 9.97 Å². The van der Waals surface area contributed by atoms with Gasteiger partial charge in [0.15, 0.2) is 0 Å². The summed E-state index contributed by atoms with van der Waals surface area (Å²) in [6.45, 7) is 2.50. The second kappa shape index (κ2) is 6.38. The largest absolute Gasteiger partial charge is 0.481 e. The molecule has 4 nitrogen and oxygen atoms in total. The molecule has 0 aromatic carbocycles. The monoisotopic (exact) mass is 278 g/mol. The third-order valence-corrected chi connectivity index (χ3v) is 2.90. The summed E-state index contributed by atoms with van der Waals surface area (Å²) in [6.07, 6.45) is 3.41. The van der Waals surface area contributed by atoms with E-state index in [9.17, 15) is 0 Å². The summed E-state index contributed by atoms with van der Waals surface area (Å²) in [5.74, 6) is 1.55. The molecule has 0 spiro atoms. The first kappa shape index (κ1) is 13.6. The fraction of sp³-hybridized carbons (Fsp3) is 0.286.